The van der Waals surface area contributed by atoms with E-state index in [2.05, 4.69) is 5.32 Å². The van der Waals surface area contributed by atoms with Crippen molar-refractivity contribution in [1.82, 2.24) is 0 Å². The molecule has 5 nitrogen and oxygen atoms in total. The second-order valence-corrected chi connectivity index (χ2v) is 5.27. The van der Waals surface area contributed by atoms with Crippen LogP contribution >= 0.6 is 0 Å². The molecule has 1 saturated carbocycles. The van der Waals surface area contributed by atoms with Gasteiger partial charge in [-0.1, -0.05) is 6.07 Å². The molecule has 2 rings (SSSR count). The Kier molecular flexibility index (Phi) is 2.77. The first-order valence-corrected chi connectivity index (χ1v) is 6.57. The van der Waals surface area contributed by atoms with Crippen LogP contribution in [0.1, 0.15) is 12.8 Å². The molecule has 1 aromatic carbocycles. The molecule has 0 unspecified atom stereocenters. The first-order chi connectivity index (χ1) is 7.52. The minimum Gasteiger partial charge on any atom is -0.487 e. The van der Waals surface area contributed by atoms with Crippen LogP contribution < -0.4 is 15.2 Å². The molecule has 6 heteroatoms. The Balaban J connectivity index is 2.49. The first kappa shape index (κ1) is 11.2. The van der Waals surface area contributed by atoms with Crippen LogP contribution in [0.3, 0.4) is 0 Å². The number of sulfonamides is 1. The number of primary sulfonamides is 1. The maximum atomic E-state index is 11.4. The van der Waals surface area contributed by atoms with Gasteiger partial charge >= 0.3 is 0 Å². The lowest BCUT2D eigenvalue weighted by Gasteiger charge is -2.13. The lowest BCUT2D eigenvalue weighted by Crippen LogP contribution is -2.15. The molecule has 0 aromatic heterocycles. The highest BCUT2D eigenvalue weighted by molar-refractivity contribution is 7.89. The summed E-state index contributed by atoms with van der Waals surface area (Å²) in [6.07, 6.45) is 2.04. The Bertz CT molecular complexity index is 495. The van der Waals surface area contributed by atoms with Gasteiger partial charge in [-0.15, -0.1) is 0 Å². The fraction of sp³-hybridized carbons (Fsp3) is 0.400. The number of benzene rings is 1. The third-order valence-electron chi connectivity index (χ3n) is 2.36. The number of ether oxygens (including phenoxy) is 1. The molecule has 1 fully saturated rings. The Labute approximate surface area is 94.6 Å². The summed E-state index contributed by atoms with van der Waals surface area (Å²) in [4.78, 5) is 0.0336. The van der Waals surface area contributed by atoms with E-state index in [1.807, 2.05) is 0 Å². The standard InChI is InChI=1S/C10H14N2O3S/c1-12-8-3-2-4-9(16(11,13)14)10(8)15-7-5-6-7/h2-4,7,12H,5-6H2,1H3,(H2,11,13,14). The molecule has 88 valence electrons. The topological polar surface area (TPSA) is 81.4 Å². The van der Waals surface area contributed by atoms with Gasteiger partial charge in [0.1, 0.15) is 4.90 Å². The summed E-state index contributed by atoms with van der Waals surface area (Å²) in [5, 5.41) is 8.04. The van der Waals surface area contributed by atoms with E-state index in [1.165, 1.54) is 6.07 Å². The van der Waals surface area contributed by atoms with Crippen molar-refractivity contribution >= 4 is 15.7 Å². The molecule has 0 aliphatic heterocycles. The van der Waals surface area contributed by atoms with Gasteiger partial charge < -0.3 is 10.1 Å². The van der Waals surface area contributed by atoms with E-state index in [-0.39, 0.29) is 11.0 Å². The number of nitrogens with one attached hydrogen (secondary N) is 1. The normalized spacial score (nSPS) is 15.9. The molecule has 1 aliphatic rings. The summed E-state index contributed by atoms with van der Waals surface area (Å²) in [5.41, 5.74) is 0.637. The highest BCUT2D eigenvalue weighted by Gasteiger charge is 2.28. The number of hydrogen-bond donors (Lipinski definition) is 2. The number of rotatable bonds is 4. The number of para-hydroxylation sites is 1. The fourth-order valence-corrected chi connectivity index (χ4v) is 2.10. The molecule has 0 radical (unpaired) electrons. The van der Waals surface area contributed by atoms with E-state index < -0.39 is 10.0 Å². The van der Waals surface area contributed by atoms with Gasteiger partial charge in [-0.3, -0.25) is 0 Å². The molecule has 0 bridgehead atoms. The summed E-state index contributed by atoms with van der Waals surface area (Å²) in [6, 6.07) is 4.84. The lowest BCUT2D eigenvalue weighted by molar-refractivity contribution is 0.296. The zero-order valence-corrected chi connectivity index (χ0v) is 9.75. The van der Waals surface area contributed by atoms with Crippen molar-refractivity contribution in [3.63, 3.8) is 0 Å². The van der Waals surface area contributed by atoms with Gasteiger partial charge in [-0.25, -0.2) is 13.6 Å². The number of nitrogens with two attached hydrogens (primary N) is 1. The molecule has 1 aromatic rings. The van der Waals surface area contributed by atoms with Gasteiger partial charge in [0, 0.05) is 7.05 Å². The first-order valence-electron chi connectivity index (χ1n) is 5.02. The Hall–Kier alpha value is -1.27. The minimum atomic E-state index is -3.75. The molecular formula is C10H14N2O3S. The Morgan fingerprint density at radius 2 is 2.12 bits per heavy atom. The van der Waals surface area contributed by atoms with E-state index in [1.54, 1.807) is 19.2 Å². The molecule has 0 amide bonds. The largest absolute Gasteiger partial charge is 0.487 e. The van der Waals surface area contributed by atoms with Gasteiger partial charge in [0.05, 0.1) is 11.8 Å². The molecule has 3 N–H and O–H groups in total. The highest BCUT2D eigenvalue weighted by Crippen LogP contribution is 2.36. The quantitative estimate of drug-likeness (QED) is 0.822. The zero-order valence-electron chi connectivity index (χ0n) is 8.93. The summed E-state index contributed by atoms with van der Waals surface area (Å²) >= 11 is 0. The van der Waals surface area contributed by atoms with Crippen LogP contribution in [0.5, 0.6) is 5.75 Å². The van der Waals surface area contributed by atoms with Crippen molar-refractivity contribution in [3.8, 4) is 5.75 Å². The fourth-order valence-electron chi connectivity index (χ4n) is 1.41. The highest BCUT2D eigenvalue weighted by atomic mass is 32.2. The van der Waals surface area contributed by atoms with Crippen molar-refractivity contribution < 1.29 is 13.2 Å². The second kappa shape index (κ2) is 3.95. The van der Waals surface area contributed by atoms with Gasteiger partial charge in [-0.2, -0.15) is 0 Å². The van der Waals surface area contributed by atoms with Crippen LogP contribution in [0.25, 0.3) is 0 Å². The molecule has 1 aliphatic carbocycles. The van der Waals surface area contributed by atoms with Crippen molar-refractivity contribution in [3.05, 3.63) is 18.2 Å². The predicted molar refractivity (Wildman–Crippen MR) is 61.0 cm³/mol. The van der Waals surface area contributed by atoms with Crippen LogP contribution in [0.15, 0.2) is 23.1 Å². The zero-order chi connectivity index (χ0) is 11.8. The van der Waals surface area contributed by atoms with Gasteiger partial charge in [0.25, 0.3) is 0 Å². The van der Waals surface area contributed by atoms with Crippen molar-refractivity contribution in [2.75, 3.05) is 12.4 Å². The molecule has 0 spiro atoms. The average Bonchev–Trinajstić information content (AvgIpc) is 3.00. The van der Waals surface area contributed by atoms with E-state index in [0.717, 1.165) is 12.8 Å². The van der Waals surface area contributed by atoms with Crippen molar-refractivity contribution in [2.24, 2.45) is 5.14 Å². The van der Waals surface area contributed by atoms with Crippen LogP contribution in [-0.2, 0) is 10.0 Å². The molecule has 0 heterocycles. The monoisotopic (exact) mass is 242 g/mol. The number of hydrogen-bond acceptors (Lipinski definition) is 4. The molecular weight excluding hydrogens is 228 g/mol. The minimum absolute atomic E-state index is 0.0336. The van der Waals surface area contributed by atoms with Crippen LogP contribution in [-0.4, -0.2) is 21.6 Å². The van der Waals surface area contributed by atoms with E-state index in [4.69, 9.17) is 9.88 Å². The molecule has 0 atom stereocenters. The van der Waals surface area contributed by atoms with Crippen molar-refractivity contribution in [1.29, 1.82) is 0 Å². The van der Waals surface area contributed by atoms with Gasteiger partial charge in [0.15, 0.2) is 5.75 Å². The average molecular weight is 242 g/mol. The maximum Gasteiger partial charge on any atom is 0.241 e. The summed E-state index contributed by atoms with van der Waals surface area (Å²) in [7, 11) is -2.04. The lowest BCUT2D eigenvalue weighted by atomic mass is 10.3. The summed E-state index contributed by atoms with van der Waals surface area (Å²) in [5.74, 6) is 0.329. The maximum absolute atomic E-state index is 11.4. The van der Waals surface area contributed by atoms with E-state index in [9.17, 15) is 8.42 Å². The van der Waals surface area contributed by atoms with Crippen LogP contribution in [0, 0.1) is 0 Å². The molecule has 0 saturated heterocycles. The number of anilines is 1. The third-order valence-corrected chi connectivity index (χ3v) is 3.30. The van der Waals surface area contributed by atoms with Crippen molar-refractivity contribution in [2.45, 2.75) is 23.8 Å². The predicted octanol–water partition coefficient (Wildman–Crippen LogP) is 0.917. The molecule has 16 heavy (non-hydrogen) atoms. The Morgan fingerprint density at radius 1 is 1.44 bits per heavy atom. The Morgan fingerprint density at radius 3 is 2.62 bits per heavy atom. The van der Waals surface area contributed by atoms with E-state index in [0.29, 0.717) is 11.4 Å². The van der Waals surface area contributed by atoms with Gasteiger partial charge in [-0.05, 0) is 25.0 Å². The summed E-state index contributed by atoms with van der Waals surface area (Å²) in [6.45, 7) is 0. The van der Waals surface area contributed by atoms with Crippen LogP contribution in [0.2, 0.25) is 0 Å². The smallest absolute Gasteiger partial charge is 0.241 e. The second-order valence-electron chi connectivity index (χ2n) is 3.75. The van der Waals surface area contributed by atoms with Gasteiger partial charge in [0.2, 0.25) is 10.0 Å². The summed E-state index contributed by atoms with van der Waals surface area (Å²) < 4.78 is 28.4. The van der Waals surface area contributed by atoms with Crippen LogP contribution in [0.4, 0.5) is 5.69 Å². The SMILES string of the molecule is CNc1cccc(S(N)(=O)=O)c1OC1CC1. The third kappa shape index (κ3) is 2.28. The van der Waals surface area contributed by atoms with E-state index >= 15 is 0 Å².